The number of carbonyl (C=O) groups excluding carboxylic acids is 1. The summed E-state index contributed by atoms with van der Waals surface area (Å²) in [7, 11) is 1.73. The highest BCUT2D eigenvalue weighted by molar-refractivity contribution is 7.13. The van der Waals surface area contributed by atoms with E-state index in [0.717, 1.165) is 25.7 Å². The first kappa shape index (κ1) is 13.3. The van der Waals surface area contributed by atoms with Crippen LogP contribution in [0, 0.1) is 0 Å². The van der Waals surface area contributed by atoms with Crippen molar-refractivity contribution in [2.45, 2.75) is 37.7 Å². The fourth-order valence-corrected chi connectivity index (χ4v) is 2.98. The molecule has 1 aliphatic rings. The lowest BCUT2D eigenvalue weighted by molar-refractivity contribution is -0.132. The van der Waals surface area contributed by atoms with Gasteiger partial charge < -0.3 is 15.7 Å². The molecule has 1 amide bonds. The monoisotopic (exact) mass is 269 g/mol. The third-order valence-corrected chi connectivity index (χ3v) is 4.12. The average Bonchev–Trinajstić information content (AvgIpc) is 2.88. The number of hydrogen-bond donors (Lipinski definition) is 2. The number of aromatic nitrogens is 1. The molecule has 0 bridgehead atoms. The molecule has 0 radical (unpaired) electrons. The highest BCUT2D eigenvalue weighted by Crippen LogP contribution is 2.30. The number of rotatable bonds is 4. The van der Waals surface area contributed by atoms with Crippen LogP contribution in [0.5, 0.6) is 0 Å². The molecule has 3 N–H and O–H groups in total. The van der Waals surface area contributed by atoms with Crippen LogP contribution in [0.25, 0.3) is 0 Å². The highest BCUT2D eigenvalue weighted by atomic mass is 32.1. The van der Waals surface area contributed by atoms with Gasteiger partial charge in [0, 0.05) is 19.0 Å². The molecular formula is C12H19N3O2S. The van der Waals surface area contributed by atoms with E-state index < -0.39 is 5.60 Å². The van der Waals surface area contributed by atoms with Gasteiger partial charge in [-0.3, -0.25) is 4.79 Å². The average molecular weight is 269 g/mol. The first-order valence-corrected chi connectivity index (χ1v) is 7.03. The molecule has 6 heteroatoms. The standard InChI is InChI=1S/C12H19N3O2S/c1-15(8-12(17)4-2-3-5-12)10(16)6-9-7-18-11(13)14-9/h7,17H,2-6,8H2,1H3,(H2,13,14). The number of thiazole rings is 1. The lowest BCUT2D eigenvalue weighted by atomic mass is 10.0. The van der Waals surface area contributed by atoms with Gasteiger partial charge in [0.15, 0.2) is 5.13 Å². The van der Waals surface area contributed by atoms with E-state index in [1.807, 2.05) is 0 Å². The van der Waals surface area contributed by atoms with Gasteiger partial charge in [-0.15, -0.1) is 11.3 Å². The number of hydrogen-bond acceptors (Lipinski definition) is 5. The molecule has 1 aliphatic carbocycles. The van der Waals surface area contributed by atoms with Gasteiger partial charge in [0.1, 0.15) is 0 Å². The van der Waals surface area contributed by atoms with Crippen molar-refractivity contribution in [2.75, 3.05) is 19.3 Å². The number of carbonyl (C=O) groups is 1. The van der Waals surface area contributed by atoms with E-state index in [0.29, 0.717) is 17.4 Å². The summed E-state index contributed by atoms with van der Waals surface area (Å²) in [5, 5.41) is 12.5. The summed E-state index contributed by atoms with van der Waals surface area (Å²) in [5.74, 6) is -0.0272. The van der Waals surface area contributed by atoms with Crippen LogP contribution in [0.3, 0.4) is 0 Å². The van der Waals surface area contributed by atoms with Gasteiger partial charge in [-0.05, 0) is 12.8 Å². The summed E-state index contributed by atoms with van der Waals surface area (Å²) < 4.78 is 0. The SMILES string of the molecule is CN(CC1(O)CCCC1)C(=O)Cc1csc(N)n1. The minimum absolute atomic E-state index is 0.0272. The number of nitrogen functional groups attached to an aromatic ring is 1. The van der Waals surface area contributed by atoms with Crippen molar-refractivity contribution in [2.24, 2.45) is 0 Å². The van der Waals surface area contributed by atoms with Crippen molar-refractivity contribution in [3.8, 4) is 0 Å². The van der Waals surface area contributed by atoms with Gasteiger partial charge in [0.25, 0.3) is 0 Å². The molecule has 0 spiro atoms. The lowest BCUT2D eigenvalue weighted by Crippen LogP contribution is -2.42. The highest BCUT2D eigenvalue weighted by Gasteiger charge is 2.33. The number of nitrogens with two attached hydrogens (primary N) is 1. The fourth-order valence-electron chi connectivity index (χ4n) is 2.41. The Kier molecular flexibility index (Phi) is 3.87. The largest absolute Gasteiger partial charge is 0.388 e. The van der Waals surface area contributed by atoms with Crippen LogP contribution in [0.15, 0.2) is 5.38 Å². The van der Waals surface area contributed by atoms with Crippen molar-refractivity contribution in [1.29, 1.82) is 0 Å². The summed E-state index contributed by atoms with van der Waals surface area (Å²) in [6.07, 6.45) is 3.91. The maximum absolute atomic E-state index is 12.0. The topological polar surface area (TPSA) is 79.5 Å². The van der Waals surface area contributed by atoms with Gasteiger partial charge in [0.2, 0.25) is 5.91 Å². The predicted molar refractivity (Wildman–Crippen MR) is 71.3 cm³/mol. The zero-order chi connectivity index (χ0) is 13.2. The molecule has 0 atom stereocenters. The Balaban J connectivity index is 1.88. The molecule has 2 rings (SSSR count). The Morgan fingerprint density at radius 3 is 2.83 bits per heavy atom. The summed E-state index contributed by atoms with van der Waals surface area (Å²) in [6, 6.07) is 0. The van der Waals surface area contributed by atoms with Crippen molar-refractivity contribution in [3.05, 3.63) is 11.1 Å². The van der Waals surface area contributed by atoms with Crippen LogP contribution in [-0.2, 0) is 11.2 Å². The summed E-state index contributed by atoms with van der Waals surface area (Å²) in [4.78, 5) is 17.7. The first-order chi connectivity index (χ1) is 8.48. The Bertz CT molecular complexity index is 427. The Morgan fingerprint density at radius 1 is 1.61 bits per heavy atom. The normalized spacial score (nSPS) is 17.9. The maximum atomic E-state index is 12.0. The third-order valence-electron chi connectivity index (χ3n) is 3.39. The van der Waals surface area contributed by atoms with Crippen LogP contribution < -0.4 is 5.73 Å². The van der Waals surface area contributed by atoms with E-state index in [1.54, 1.807) is 17.3 Å². The number of likely N-dealkylation sites (N-methyl/N-ethyl adjacent to an activating group) is 1. The number of aliphatic hydroxyl groups is 1. The first-order valence-electron chi connectivity index (χ1n) is 6.15. The van der Waals surface area contributed by atoms with Gasteiger partial charge in [-0.25, -0.2) is 4.98 Å². The van der Waals surface area contributed by atoms with Crippen LogP contribution in [0.4, 0.5) is 5.13 Å². The Morgan fingerprint density at radius 2 is 2.28 bits per heavy atom. The lowest BCUT2D eigenvalue weighted by Gasteiger charge is -2.28. The molecular weight excluding hydrogens is 250 g/mol. The van der Waals surface area contributed by atoms with E-state index in [-0.39, 0.29) is 12.3 Å². The molecule has 0 saturated heterocycles. The maximum Gasteiger partial charge on any atom is 0.228 e. The van der Waals surface area contributed by atoms with E-state index in [9.17, 15) is 9.90 Å². The zero-order valence-corrected chi connectivity index (χ0v) is 11.4. The van der Waals surface area contributed by atoms with Crippen LogP contribution in [0.1, 0.15) is 31.4 Å². The second-order valence-electron chi connectivity index (χ2n) is 5.04. The smallest absolute Gasteiger partial charge is 0.228 e. The van der Waals surface area contributed by atoms with Gasteiger partial charge in [-0.2, -0.15) is 0 Å². The third kappa shape index (κ3) is 3.20. The molecule has 0 unspecified atom stereocenters. The molecule has 1 heterocycles. The van der Waals surface area contributed by atoms with Gasteiger partial charge >= 0.3 is 0 Å². The van der Waals surface area contributed by atoms with Gasteiger partial charge in [0.05, 0.1) is 17.7 Å². The fraction of sp³-hybridized carbons (Fsp3) is 0.667. The van der Waals surface area contributed by atoms with Gasteiger partial charge in [-0.1, -0.05) is 12.8 Å². The number of nitrogens with zero attached hydrogens (tertiary/aromatic N) is 2. The second-order valence-corrected chi connectivity index (χ2v) is 5.92. The number of amides is 1. The molecule has 1 saturated carbocycles. The Labute approximate surface area is 111 Å². The van der Waals surface area contributed by atoms with Crippen LogP contribution in [0.2, 0.25) is 0 Å². The molecule has 5 nitrogen and oxygen atoms in total. The molecule has 1 aromatic rings. The van der Waals surface area contributed by atoms with Crippen molar-refractivity contribution < 1.29 is 9.90 Å². The van der Waals surface area contributed by atoms with Crippen molar-refractivity contribution >= 4 is 22.4 Å². The minimum Gasteiger partial charge on any atom is -0.388 e. The molecule has 100 valence electrons. The van der Waals surface area contributed by atoms with Crippen LogP contribution >= 0.6 is 11.3 Å². The summed E-state index contributed by atoms with van der Waals surface area (Å²) >= 11 is 1.34. The molecule has 1 aromatic heterocycles. The van der Waals surface area contributed by atoms with Crippen LogP contribution in [-0.4, -0.2) is 40.1 Å². The molecule has 18 heavy (non-hydrogen) atoms. The quantitative estimate of drug-likeness (QED) is 0.855. The molecule has 1 fully saturated rings. The summed E-state index contributed by atoms with van der Waals surface area (Å²) in [6.45, 7) is 0.408. The van der Waals surface area contributed by atoms with Crippen molar-refractivity contribution in [3.63, 3.8) is 0 Å². The van der Waals surface area contributed by atoms with Crippen molar-refractivity contribution in [1.82, 2.24) is 9.88 Å². The van der Waals surface area contributed by atoms with E-state index >= 15 is 0 Å². The van der Waals surface area contributed by atoms with E-state index in [4.69, 9.17) is 5.73 Å². The molecule has 0 aromatic carbocycles. The Hall–Kier alpha value is -1.14. The molecule has 0 aliphatic heterocycles. The predicted octanol–water partition coefficient (Wildman–Crippen LogP) is 1.03. The zero-order valence-electron chi connectivity index (χ0n) is 10.6. The second kappa shape index (κ2) is 5.24. The minimum atomic E-state index is -0.689. The number of anilines is 1. The van der Waals surface area contributed by atoms with E-state index in [2.05, 4.69) is 4.98 Å². The van der Waals surface area contributed by atoms with E-state index in [1.165, 1.54) is 11.3 Å². The summed E-state index contributed by atoms with van der Waals surface area (Å²) in [5.41, 5.74) is 5.54.